The van der Waals surface area contributed by atoms with Crippen LogP contribution in [0.1, 0.15) is 18.4 Å². The molecule has 1 heterocycles. The summed E-state index contributed by atoms with van der Waals surface area (Å²) in [4.78, 5) is 23.4. The highest BCUT2D eigenvalue weighted by Crippen LogP contribution is 2.12. The number of hydrogen-bond donors (Lipinski definition) is 3. The number of piperidine rings is 1. The molecule has 0 spiro atoms. The van der Waals surface area contributed by atoms with E-state index in [0.717, 1.165) is 5.56 Å². The van der Waals surface area contributed by atoms with Crippen LogP contribution in [0.3, 0.4) is 0 Å². The van der Waals surface area contributed by atoms with Crippen molar-refractivity contribution in [1.82, 2.24) is 10.6 Å². The molecule has 0 aliphatic carbocycles. The van der Waals surface area contributed by atoms with Gasteiger partial charge in [-0.3, -0.25) is 4.79 Å². The Labute approximate surface area is 112 Å². The van der Waals surface area contributed by atoms with E-state index in [1.54, 1.807) is 6.07 Å². The minimum absolute atomic E-state index is 0.212. The number of rotatable bonds is 2. The van der Waals surface area contributed by atoms with Crippen molar-refractivity contribution in [2.75, 3.05) is 5.32 Å². The fraction of sp³-hybridized carbons (Fsp3) is 0.286. The molecule has 19 heavy (non-hydrogen) atoms. The van der Waals surface area contributed by atoms with Crippen LogP contribution in [0.5, 0.6) is 0 Å². The van der Waals surface area contributed by atoms with Crippen LogP contribution in [0, 0.1) is 6.92 Å². The number of carbonyl (C=O) groups is 2. The van der Waals surface area contributed by atoms with E-state index in [1.807, 2.05) is 25.1 Å². The maximum absolute atomic E-state index is 11.8. The molecular formula is C14H17N3O2. The smallest absolute Gasteiger partial charge is 0.319 e. The summed E-state index contributed by atoms with van der Waals surface area (Å²) in [5, 5.41) is 8.00. The summed E-state index contributed by atoms with van der Waals surface area (Å²) in [6.07, 6.45) is 1.26. The number of anilines is 1. The number of aryl methyl sites for hydroxylation is 1. The second kappa shape index (κ2) is 5.56. The number of allylic oxidation sites excluding steroid dienone is 1. The lowest BCUT2D eigenvalue weighted by atomic mass is 10.1. The zero-order chi connectivity index (χ0) is 13.8. The van der Waals surface area contributed by atoms with Gasteiger partial charge in [-0.1, -0.05) is 18.7 Å². The topological polar surface area (TPSA) is 70.2 Å². The minimum Gasteiger partial charge on any atom is -0.329 e. The lowest BCUT2D eigenvalue weighted by Crippen LogP contribution is -2.50. The molecule has 3 N–H and O–H groups in total. The van der Waals surface area contributed by atoms with Gasteiger partial charge < -0.3 is 16.0 Å². The molecule has 5 heteroatoms. The Balaban J connectivity index is 1.91. The van der Waals surface area contributed by atoms with E-state index in [9.17, 15) is 9.59 Å². The largest absolute Gasteiger partial charge is 0.329 e. The van der Waals surface area contributed by atoms with Gasteiger partial charge in [-0.2, -0.15) is 0 Å². The third-order valence-corrected chi connectivity index (χ3v) is 2.93. The summed E-state index contributed by atoms with van der Waals surface area (Å²) in [5.41, 5.74) is 2.46. The normalized spacial score (nSPS) is 18.7. The van der Waals surface area contributed by atoms with Gasteiger partial charge in [0.15, 0.2) is 0 Å². The molecule has 1 saturated heterocycles. The van der Waals surface area contributed by atoms with E-state index in [0.29, 0.717) is 24.2 Å². The summed E-state index contributed by atoms with van der Waals surface area (Å²) in [5.74, 6) is -0.212. The predicted molar refractivity (Wildman–Crippen MR) is 73.6 cm³/mol. The Morgan fingerprint density at radius 3 is 2.95 bits per heavy atom. The van der Waals surface area contributed by atoms with Gasteiger partial charge in [-0.25, -0.2) is 4.79 Å². The van der Waals surface area contributed by atoms with E-state index in [1.165, 1.54) is 0 Å². The first kappa shape index (κ1) is 13.1. The van der Waals surface area contributed by atoms with E-state index in [2.05, 4.69) is 22.5 Å². The maximum atomic E-state index is 11.8. The lowest BCUT2D eigenvalue weighted by molar-refractivity contribution is -0.123. The monoisotopic (exact) mass is 259 g/mol. The molecule has 2 rings (SSSR count). The van der Waals surface area contributed by atoms with Crippen LogP contribution in [0.2, 0.25) is 0 Å². The first-order valence-electron chi connectivity index (χ1n) is 6.17. The summed E-state index contributed by atoms with van der Waals surface area (Å²) in [7, 11) is 0. The molecule has 0 saturated carbocycles. The van der Waals surface area contributed by atoms with Crippen molar-refractivity contribution in [3.05, 3.63) is 42.1 Å². The highest BCUT2D eigenvalue weighted by molar-refractivity contribution is 5.94. The fourth-order valence-electron chi connectivity index (χ4n) is 1.96. The predicted octanol–water partition coefficient (Wildman–Crippen LogP) is 1.91. The van der Waals surface area contributed by atoms with E-state index >= 15 is 0 Å². The molecule has 0 aromatic heterocycles. The van der Waals surface area contributed by atoms with Crippen molar-refractivity contribution in [3.63, 3.8) is 0 Å². The molecule has 1 fully saturated rings. The second-order valence-electron chi connectivity index (χ2n) is 4.65. The molecule has 1 aromatic carbocycles. The number of benzene rings is 1. The minimum atomic E-state index is -0.504. The fourth-order valence-corrected chi connectivity index (χ4v) is 1.96. The zero-order valence-corrected chi connectivity index (χ0v) is 10.8. The molecule has 1 aromatic rings. The lowest BCUT2D eigenvalue weighted by Gasteiger charge is -2.24. The Morgan fingerprint density at radius 1 is 1.47 bits per heavy atom. The van der Waals surface area contributed by atoms with Gasteiger partial charge in [0, 0.05) is 11.4 Å². The number of urea groups is 1. The van der Waals surface area contributed by atoms with Gasteiger partial charge in [0.05, 0.1) is 0 Å². The van der Waals surface area contributed by atoms with Crippen molar-refractivity contribution < 1.29 is 9.59 Å². The summed E-state index contributed by atoms with van der Waals surface area (Å²) in [6.45, 7) is 5.64. The number of nitrogens with one attached hydrogen (secondary N) is 3. The average Bonchev–Trinajstić information content (AvgIpc) is 2.33. The van der Waals surface area contributed by atoms with Crippen molar-refractivity contribution in [2.24, 2.45) is 0 Å². The van der Waals surface area contributed by atoms with Crippen LogP contribution >= 0.6 is 0 Å². The van der Waals surface area contributed by atoms with Crippen molar-refractivity contribution in [3.8, 4) is 0 Å². The van der Waals surface area contributed by atoms with Gasteiger partial charge in [0.1, 0.15) is 6.04 Å². The molecule has 1 aliphatic heterocycles. The molecule has 5 nitrogen and oxygen atoms in total. The quantitative estimate of drug-likeness (QED) is 0.759. The number of hydrogen-bond acceptors (Lipinski definition) is 2. The molecule has 0 radical (unpaired) electrons. The molecule has 1 atom stereocenters. The van der Waals surface area contributed by atoms with Crippen LogP contribution in [-0.4, -0.2) is 18.0 Å². The summed E-state index contributed by atoms with van der Waals surface area (Å²) < 4.78 is 0. The van der Waals surface area contributed by atoms with Crippen LogP contribution < -0.4 is 16.0 Å². The van der Waals surface area contributed by atoms with Crippen molar-refractivity contribution in [2.45, 2.75) is 25.8 Å². The SMILES string of the molecule is C=C1CCC(NC(=O)Nc2cccc(C)c2)C(=O)N1. The third kappa shape index (κ3) is 3.58. The molecule has 1 unspecified atom stereocenters. The third-order valence-electron chi connectivity index (χ3n) is 2.93. The average molecular weight is 259 g/mol. The summed E-state index contributed by atoms with van der Waals surface area (Å²) in [6, 6.07) is 6.59. The Hall–Kier alpha value is -2.30. The highest BCUT2D eigenvalue weighted by atomic mass is 16.2. The Morgan fingerprint density at radius 2 is 2.26 bits per heavy atom. The summed E-state index contributed by atoms with van der Waals surface area (Å²) >= 11 is 0. The highest BCUT2D eigenvalue weighted by Gasteiger charge is 2.25. The molecule has 0 bridgehead atoms. The maximum Gasteiger partial charge on any atom is 0.319 e. The molecular weight excluding hydrogens is 242 g/mol. The van der Waals surface area contributed by atoms with Crippen molar-refractivity contribution >= 4 is 17.6 Å². The van der Waals surface area contributed by atoms with Crippen LogP contribution in [0.4, 0.5) is 10.5 Å². The van der Waals surface area contributed by atoms with Gasteiger partial charge in [-0.15, -0.1) is 0 Å². The standard InChI is InChI=1S/C14H17N3O2/c1-9-4-3-5-11(8-9)16-14(19)17-12-7-6-10(2)15-13(12)18/h3-5,8,12H,2,6-7H2,1H3,(H,15,18)(H2,16,17,19). The second-order valence-corrected chi connectivity index (χ2v) is 4.65. The molecule has 1 aliphatic rings. The van der Waals surface area contributed by atoms with Crippen LogP contribution in [0.25, 0.3) is 0 Å². The van der Waals surface area contributed by atoms with Crippen molar-refractivity contribution in [1.29, 1.82) is 0 Å². The molecule has 100 valence electrons. The van der Waals surface area contributed by atoms with E-state index in [-0.39, 0.29) is 11.9 Å². The zero-order valence-electron chi connectivity index (χ0n) is 10.8. The Kier molecular flexibility index (Phi) is 3.85. The molecule has 3 amide bonds. The van der Waals surface area contributed by atoms with E-state index < -0.39 is 6.04 Å². The Bertz CT molecular complexity index is 525. The van der Waals surface area contributed by atoms with Gasteiger partial charge in [0.25, 0.3) is 0 Å². The van der Waals surface area contributed by atoms with Crippen LogP contribution in [0.15, 0.2) is 36.5 Å². The van der Waals surface area contributed by atoms with Gasteiger partial charge in [-0.05, 0) is 37.5 Å². The van der Waals surface area contributed by atoms with Gasteiger partial charge >= 0.3 is 6.03 Å². The van der Waals surface area contributed by atoms with Gasteiger partial charge in [0.2, 0.25) is 5.91 Å². The van der Waals surface area contributed by atoms with Crippen LogP contribution in [-0.2, 0) is 4.79 Å². The number of amides is 3. The van der Waals surface area contributed by atoms with E-state index in [4.69, 9.17) is 0 Å². The first-order chi connectivity index (χ1) is 9.04. The number of carbonyl (C=O) groups excluding carboxylic acids is 2. The first-order valence-corrected chi connectivity index (χ1v) is 6.17.